The van der Waals surface area contributed by atoms with E-state index in [-0.39, 0.29) is 5.69 Å². The normalized spacial score (nSPS) is 11.6. The van der Waals surface area contributed by atoms with Crippen LogP contribution in [0.25, 0.3) is 10.9 Å². The number of carbonyl (C=O) groups is 3. The van der Waals surface area contributed by atoms with E-state index >= 15 is 0 Å². The van der Waals surface area contributed by atoms with E-state index in [1.54, 1.807) is 43.3 Å². The lowest BCUT2D eigenvalue weighted by molar-refractivity contribution is -0.129. The number of fused-ring (bicyclic) bond motifs is 1. The Morgan fingerprint density at radius 1 is 1.04 bits per heavy atom. The summed E-state index contributed by atoms with van der Waals surface area (Å²) in [5.74, 6) is -1.41. The number of hydrogen-bond donors (Lipinski definition) is 3. The third-order valence-corrected chi connectivity index (χ3v) is 3.89. The van der Waals surface area contributed by atoms with E-state index in [4.69, 9.17) is 4.74 Å². The third kappa shape index (κ3) is 4.33. The molecule has 1 unspecified atom stereocenters. The molecule has 0 aliphatic carbocycles. The van der Waals surface area contributed by atoms with Crippen LogP contribution in [-0.2, 0) is 9.53 Å². The molecule has 2 aromatic carbocycles. The monoisotopic (exact) mass is 365 g/mol. The lowest BCUT2D eigenvalue weighted by atomic mass is 10.1. The molecular weight excluding hydrogens is 346 g/mol. The second-order valence-electron chi connectivity index (χ2n) is 5.82. The summed E-state index contributed by atoms with van der Waals surface area (Å²) in [5.41, 5.74) is 1.47. The Balaban J connectivity index is 1.83. The van der Waals surface area contributed by atoms with Crippen molar-refractivity contribution in [1.82, 2.24) is 15.6 Å². The standard InChI is InChI=1S/C20H19N3O4/c1-2-21-20(26)23-18(24)17(13-8-4-3-5-9-13)27-19(25)16-12-14-10-6-7-11-15(14)22-16/h3-12,17,22H,2H2,1H3,(H2,21,23,24,26). The first-order valence-corrected chi connectivity index (χ1v) is 8.51. The molecule has 0 spiro atoms. The Kier molecular flexibility index (Phi) is 5.51. The largest absolute Gasteiger partial charge is 0.443 e. The molecule has 3 rings (SSSR count). The Morgan fingerprint density at radius 2 is 1.74 bits per heavy atom. The summed E-state index contributed by atoms with van der Waals surface area (Å²) in [6, 6.07) is 16.9. The average molecular weight is 365 g/mol. The number of urea groups is 1. The molecule has 0 saturated heterocycles. The summed E-state index contributed by atoms with van der Waals surface area (Å²) >= 11 is 0. The van der Waals surface area contributed by atoms with E-state index in [0.717, 1.165) is 10.9 Å². The Morgan fingerprint density at radius 3 is 2.44 bits per heavy atom. The maximum Gasteiger partial charge on any atom is 0.355 e. The number of hydrogen-bond acceptors (Lipinski definition) is 4. The van der Waals surface area contributed by atoms with Gasteiger partial charge in [0.05, 0.1) is 0 Å². The molecular formula is C20H19N3O4. The average Bonchev–Trinajstić information content (AvgIpc) is 3.11. The SMILES string of the molecule is CCNC(=O)NC(=O)C(OC(=O)c1cc2ccccc2[nH]1)c1ccccc1. The highest BCUT2D eigenvalue weighted by atomic mass is 16.5. The number of amides is 3. The van der Waals surface area contributed by atoms with Gasteiger partial charge in [0.15, 0.2) is 0 Å². The van der Waals surface area contributed by atoms with Crippen molar-refractivity contribution in [2.75, 3.05) is 6.54 Å². The van der Waals surface area contributed by atoms with Crippen LogP contribution in [0.3, 0.4) is 0 Å². The number of para-hydroxylation sites is 1. The summed E-state index contributed by atoms with van der Waals surface area (Å²) in [6.45, 7) is 2.10. The van der Waals surface area contributed by atoms with Crippen LogP contribution < -0.4 is 10.6 Å². The van der Waals surface area contributed by atoms with Gasteiger partial charge in [-0.05, 0) is 19.1 Å². The van der Waals surface area contributed by atoms with Crippen LogP contribution in [0.5, 0.6) is 0 Å². The van der Waals surface area contributed by atoms with Crippen molar-refractivity contribution in [2.24, 2.45) is 0 Å². The first-order chi connectivity index (χ1) is 13.1. The summed E-state index contributed by atoms with van der Waals surface area (Å²) in [6.07, 6.45) is -1.26. The molecule has 27 heavy (non-hydrogen) atoms. The smallest absolute Gasteiger partial charge is 0.355 e. The molecule has 3 aromatic rings. The predicted molar refractivity (Wildman–Crippen MR) is 100 cm³/mol. The van der Waals surface area contributed by atoms with Crippen LogP contribution in [0.4, 0.5) is 4.79 Å². The van der Waals surface area contributed by atoms with Gasteiger partial charge < -0.3 is 15.0 Å². The fraction of sp³-hybridized carbons (Fsp3) is 0.150. The first-order valence-electron chi connectivity index (χ1n) is 8.51. The summed E-state index contributed by atoms with van der Waals surface area (Å²) in [7, 11) is 0. The minimum Gasteiger partial charge on any atom is -0.443 e. The van der Waals surface area contributed by atoms with Crippen LogP contribution in [0, 0.1) is 0 Å². The van der Waals surface area contributed by atoms with Gasteiger partial charge >= 0.3 is 12.0 Å². The molecule has 1 atom stereocenters. The van der Waals surface area contributed by atoms with Gasteiger partial charge in [-0.25, -0.2) is 9.59 Å². The number of imide groups is 1. The molecule has 0 radical (unpaired) electrons. The number of H-pyrrole nitrogens is 1. The number of rotatable bonds is 5. The van der Waals surface area contributed by atoms with E-state index in [2.05, 4.69) is 15.6 Å². The highest BCUT2D eigenvalue weighted by molar-refractivity contribution is 6.00. The zero-order chi connectivity index (χ0) is 19.2. The number of nitrogens with one attached hydrogen (secondary N) is 3. The highest BCUT2D eigenvalue weighted by Crippen LogP contribution is 2.21. The van der Waals surface area contributed by atoms with Crippen molar-refractivity contribution in [3.8, 4) is 0 Å². The Bertz CT molecular complexity index is 933. The molecule has 0 fully saturated rings. The summed E-state index contributed by atoms with van der Waals surface area (Å²) < 4.78 is 5.43. The van der Waals surface area contributed by atoms with Crippen LogP contribution in [0.2, 0.25) is 0 Å². The zero-order valence-corrected chi connectivity index (χ0v) is 14.7. The molecule has 1 aromatic heterocycles. The number of benzene rings is 2. The second-order valence-corrected chi connectivity index (χ2v) is 5.82. The molecule has 7 nitrogen and oxygen atoms in total. The maximum absolute atomic E-state index is 12.6. The van der Waals surface area contributed by atoms with E-state index in [0.29, 0.717) is 12.1 Å². The number of aromatic nitrogens is 1. The van der Waals surface area contributed by atoms with E-state index < -0.39 is 24.0 Å². The highest BCUT2D eigenvalue weighted by Gasteiger charge is 2.27. The zero-order valence-electron chi connectivity index (χ0n) is 14.7. The van der Waals surface area contributed by atoms with Gasteiger partial charge in [-0.3, -0.25) is 10.1 Å². The number of esters is 1. The minimum absolute atomic E-state index is 0.225. The molecule has 3 amide bonds. The molecule has 0 aliphatic rings. The van der Waals surface area contributed by atoms with Crippen molar-refractivity contribution < 1.29 is 19.1 Å². The maximum atomic E-state index is 12.6. The lowest BCUT2D eigenvalue weighted by Crippen LogP contribution is -2.42. The van der Waals surface area contributed by atoms with Crippen molar-refractivity contribution in [1.29, 1.82) is 0 Å². The summed E-state index contributed by atoms with van der Waals surface area (Å²) in [5, 5.41) is 5.51. The van der Waals surface area contributed by atoms with Crippen LogP contribution in [0.1, 0.15) is 29.1 Å². The molecule has 3 N–H and O–H groups in total. The van der Waals surface area contributed by atoms with Crippen LogP contribution >= 0.6 is 0 Å². The first kappa shape index (κ1) is 18.2. The fourth-order valence-electron chi connectivity index (χ4n) is 2.64. The van der Waals surface area contributed by atoms with Gasteiger partial charge in [-0.2, -0.15) is 0 Å². The lowest BCUT2D eigenvalue weighted by Gasteiger charge is -2.17. The van der Waals surface area contributed by atoms with Gasteiger partial charge in [0.25, 0.3) is 5.91 Å². The summed E-state index contributed by atoms with van der Waals surface area (Å²) in [4.78, 5) is 39.7. The van der Waals surface area contributed by atoms with Crippen molar-refractivity contribution in [3.63, 3.8) is 0 Å². The van der Waals surface area contributed by atoms with Gasteiger partial charge in [-0.15, -0.1) is 0 Å². The van der Waals surface area contributed by atoms with E-state index in [1.165, 1.54) is 0 Å². The number of ether oxygens (including phenoxy) is 1. The van der Waals surface area contributed by atoms with E-state index in [1.807, 2.05) is 24.3 Å². The van der Waals surface area contributed by atoms with Gasteiger partial charge in [0, 0.05) is 23.0 Å². The van der Waals surface area contributed by atoms with Gasteiger partial charge in [-0.1, -0.05) is 48.5 Å². The molecule has 1 heterocycles. The Labute approximate surface area is 155 Å². The van der Waals surface area contributed by atoms with Crippen molar-refractivity contribution in [3.05, 3.63) is 71.9 Å². The van der Waals surface area contributed by atoms with Crippen LogP contribution in [0.15, 0.2) is 60.7 Å². The molecule has 0 aliphatic heterocycles. The molecule has 7 heteroatoms. The predicted octanol–water partition coefficient (Wildman–Crippen LogP) is 2.91. The van der Waals surface area contributed by atoms with E-state index in [9.17, 15) is 14.4 Å². The number of carbonyl (C=O) groups excluding carboxylic acids is 3. The minimum atomic E-state index is -1.26. The Hall–Kier alpha value is -3.61. The van der Waals surface area contributed by atoms with Gasteiger partial charge in [0.2, 0.25) is 6.10 Å². The second kappa shape index (κ2) is 8.18. The van der Waals surface area contributed by atoms with Crippen molar-refractivity contribution >= 4 is 28.8 Å². The quantitative estimate of drug-likeness (QED) is 0.605. The van der Waals surface area contributed by atoms with Crippen LogP contribution in [-0.4, -0.2) is 29.4 Å². The number of aromatic amines is 1. The topological polar surface area (TPSA) is 100 Å². The fourth-order valence-corrected chi connectivity index (χ4v) is 2.64. The molecule has 0 bridgehead atoms. The third-order valence-electron chi connectivity index (χ3n) is 3.89. The van der Waals surface area contributed by atoms with Crippen molar-refractivity contribution in [2.45, 2.75) is 13.0 Å². The van der Waals surface area contributed by atoms with Gasteiger partial charge in [0.1, 0.15) is 5.69 Å². The molecule has 0 saturated carbocycles. The molecule has 138 valence electrons.